The van der Waals surface area contributed by atoms with Crippen molar-refractivity contribution < 1.29 is 19.4 Å². The summed E-state index contributed by atoms with van der Waals surface area (Å²) in [6.07, 6.45) is 3.18. The zero-order chi connectivity index (χ0) is 15.7. The second-order valence-electron chi connectivity index (χ2n) is 6.68. The van der Waals surface area contributed by atoms with Crippen molar-refractivity contribution in [1.29, 1.82) is 0 Å². The van der Waals surface area contributed by atoms with E-state index in [1.54, 1.807) is 12.1 Å². The van der Waals surface area contributed by atoms with Gasteiger partial charge in [0.25, 0.3) is 5.91 Å². The second kappa shape index (κ2) is 4.78. The SMILES string of the molecule is O=C(O)c1cc2cc(C(=O)NC[C@@H]3C[C@@H]4O[C@H]3[C@H]3C[C@H]34)sc2s1. The summed E-state index contributed by atoms with van der Waals surface area (Å²) in [5.41, 5.74) is 0. The molecule has 1 aliphatic carbocycles. The molecule has 7 heteroatoms. The van der Waals surface area contributed by atoms with Gasteiger partial charge in [-0.05, 0) is 36.8 Å². The molecule has 0 radical (unpaired) electrons. The van der Waals surface area contributed by atoms with Crippen LogP contribution in [0.25, 0.3) is 9.40 Å². The molecule has 2 bridgehead atoms. The second-order valence-corrected chi connectivity index (χ2v) is 9.04. The summed E-state index contributed by atoms with van der Waals surface area (Å²) in [7, 11) is 0. The van der Waals surface area contributed by atoms with E-state index in [0.29, 0.717) is 34.4 Å². The van der Waals surface area contributed by atoms with Crippen LogP contribution in [0.4, 0.5) is 0 Å². The number of carboxylic acids is 1. The highest BCUT2D eigenvalue weighted by Gasteiger charge is 2.62. The number of nitrogens with one attached hydrogen (secondary N) is 1. The first-order valence-corrected chi connectivity index (χ1v) is 9.44. The van der Waals surface area contributed by atoms with Crippen LogP contribution in [0, 0.1) is 17.8 Å². The third-order valence-electron chi connectivity index (χ3n) is 5.30. The summed E-state index contributed by atoms with van der Waals surface area (Å²) < 4.78 is 6.84. The Morgan fingerprint density at radius 3 is 2.70 bits per heavy atom. The zero-order valence-electron chi connectivity index (χ0n) is 12.2. The summed E-state index contributed by atoms with van der Waals surface area (Å²) in [5, 5.41) is 12.9. The third-order valence-corrected chi connectivity index (χ3v) is 7.67. The molecule has 0 spiro atoms. The van der Waals surface area contributed by atoms with Gasteiger partial charge in [-0.2, -0.15) is 0 Å². The molecule has 1 saturated carbocycles. The van der Waals surface area contributed by atoms with Gasteiger partial charge in [-0.15, -0.1) is 22.7 Å². The molecule has 2 saturated heterocycles. The van der Waals surface area contributed by atoms with Crippen LogP contribution in [-0.4, -0.2) is 35.7 Å². The van der Waals surface area contributed by atoms with Crippen molar-refractivity contribution in [3.8, 4) is 0 Å². The van der Waals surface area contributed by atoms with Crippen LogP contribution in [0.15, 0.2) is 12.1 Å². The summed E-state index contributed by atoms with van der Waals surface area (Å²) in [4.78, 5) is 24.3. The molecule has 23 heavy (non-hydrogen) atoms. The first kappa shape index (κ1) is 13.9. The van der Waals surface area contributed by atoms with E-state index < -0.39 is 5.97 Å². The van der Waals surface area contributed by atoms with E-state index in [2.05, 4.69) is 5.32 Å². The summed E-state index contributed by atoms with van der Waals surface area (Å²) in [6.45, 7) is 0.676. The molecule has 120 valence electrons. The number of fused-ring (bicyclic) bond motifs is 6. The minimum Gasteiger partial charge on any atom is -0.477 e. The van der Waals surface area contributed by atoms with Gasteiger partial charge in [0.05, 0.1) is 21.1 Å². The van der Waals surface area contributed by atoms with Crippen LogP contribution in [-0.2, 0) is 4.74 Å². The average molecular weight is 349 g/mol. The van der Waals surface area contributed by atoms with E-state index in [1.165, 1.54) is 29.1 Å². The zero-order valence-corrected chi connectivity index (χ0v) is 13.8. The molecule has 0 aromatic carbocycles. The van der Waals surface area contributed by atoms with E-state index in [-0.39, 0.29) is 5.91 Å². The predicted molar refractivity (Wildman–Crippen MR) is 87.4 cm³/mol. The highest BCUT2D eigenvalue weighted by atomic mass is 32.2. The fourth-order valence-electron chi connectivity index (χ4n) is 4.14. The molecule has 5 atom stereocenters. The van der Waals surface area contributed by atoms with Crippen LogP contribution in [0.1, 0.15) is 32.2 Å². The lowest BCUT2D eigenvalue weighted by atomic mass is 9.89. The number of thiophene rings is 2. The Bertz CT molecular complexity index is 794. The van der Waals surface area contributed by atoms with Gasteiger partial charge in [-0.1, -0.05) is 0 Å². The highest BCUT2D eigenvalue weighted by molar-refractivity contribution is 7.39. The monoisotopic (exact) mass is 349 g/mol. The van der Waals surface area contributed by atoms with Crippen LogP contribution < -0.4 is 5.32 Å². The summed E-state index contributed by atoms with van der Waals surface area (Å²) in [5.74, 6) is 1.02. The van der Waals surface area contributed by atoms with Crippen LogP contribution in [0.2, 0.25) is 0 Å². The van der Waals surface area contributed by atoms with Crippen molar-refractivity contribution in [3.63, 3.8) is 0 Å². The lowest BCUT2D eigenvalue weighted by Gasteiger charge is -2.18. The largest absolute Gasteiger partial charge is 0.477 e. The molecule has 2 aliphatic heterocycles. The smallest absolute Gasteiger partial charge is 0.345 e. The number of hydrogen-bond acceptors (Lipinski definition) is 5. The van der Waals surface area contributed by atoms with Crippen LogP contribution in [0.3, 0.4) is 0 Å². The van der Waals surface area contributed by atoms with Crippen molar-refractivity contribution in [2.24, 2.45) is 17.8 Å². The average Bonchev–Trinajstić information content (AvgIpc) is 2.86. The number of carboxylic acid groups (broad SMARTS) is 1. The number of carbonyl (C=O) groups excluding carboxylic acids is 1. The maximum Gasteiger partial charge on any atom is 0.345 e. The standard InChI is InChI=1S/C16H15NO4S2/c18-14(11-2-6-3-12(15(19)20)23-16(6)22-11)17-5-7-1-10-8-4-9(8)13(7)21-10/h2-3,7-10,13H,1,4-5H2,(H,17,18)(H,19,20)/t7-,8+,9-,10-,13+/m0/s1. The van der Waals surface area contributed by atoms with Gasteiger partial charge in [-0.25, -0.2) is 4.79 Å². The highest BCUT2D eigenvalue weighted by Crippen LogP contribution is 2.60. The van der Waals surface area contributed by atoms with Crippen molar-refractivity contribution >= 4 is 43.9 Å². The Hall–Kier alpha value is -1.44. The number of ether oxygens (including phenoxy) is 1. The Balaban J connectivity index is 1.25. The Kier molecular flexibility index (Phi) is 2.90. The third kappa shape index (κ3) is 2.14. The number of amides is 1. The Morgan fingerprint density at radius 2 is 2.00 bits per heavy atom. The maximum absolute atomic E-state index is 12.3. The maximum atomic E-state index is 12.3. The fourth-order valence-corrected chi connectivity index (χ4v) is 6.34. The van der Waals surface area contributed by atoms with Crippen LogP contribution >= 0.6 is 22.7 Å². The number of carbonyl (C=O) groups is 2. The van der Waals surface area contributed by atoms with E-state index >= 15 is 0 Å². The molecule has 2 aromatic heterocycles. The van der Waals surface area contributed by atoms with Gasteiger partial charge in [0.2, 0.25) is 0 Å². The molecule has 2 aromatic rings. The van der Waals surface area contributed by atoms with Crippen molar-refractivity contribution in [2.45, 2.75) is 25.0 Å². The Morgan fingerprint density at radius 1 is 1.22 bits per heavy atom. The summed E-state index contributed by atoms with van der Waals surface area (Å²) in [6, 6.07) is 3.42. The minimum absolute atomic E-state index is 0.0644. The molecule has 4 heterocycles. The number of rotatable bonds is 4. The van der Waals surface area contributed by atoms with Crippen molar-refractivity contribution in [1.82, 2.24) is 5.32 Å². The molecule has 3 fully saturated rings. The van der Waals surface area contributed by atoms with E-state index in [4.69, 9.17) is 9.84 Å². The van der Waals surface area contributed by atoms with Crippen LogP contribution in [0.5, 0.6) is 0 Å². The van der Waals surface area contributed by atoms with Gasteiger partial charge in [0.1, 0.15) is 4.88 Å². The van der Waals surface area contributed by atoms with E-state index in [1.807, 2.05) is 0 Å². The summed E-state index contributed by atoms with van der Waals surface area (Å²) >= 11 is 2.58. The molecule has 1 amide bonds. The van der Waals surface area contributed by atoms with Gasteiger partial charge in [-0.3, -0.25) is 4.79 Å². The minimum atomic E-state index is -0.918. The van der Waals surface area contributed by atoms with Gasteiger partial charge < -0.3 is 15.2 Å². The van der Waals surface area contributed by atoms with Gasteiger partial charge in [0, 0.05) is 17.8 Å². The first-order chi connectivity index (χ1) is 11.1. The molecule has 3 aliphatic rings. The lowest BCUT2D eigenvalue weighted by Crippen LogP contribution is -2.34. The Labute approximate surface area is 140 Å². The normalized spacial score (nSPS) is 33.8. The molecule has 0 unspecified atom stereocenters. The van der Waals surface area contributed by atoms with Gasteiger partial charge in [0.15, 0.2) is 0 Å². The lowest BCUT2D eigenvalue weighted by molar-refractivity contribution is 0.0605. The van der Waals surface area contributed by atoms with Gasteiger partial charge >= 0.3 is 5.97 Å². The topological polar surface area (TPSA) is 75.6 Å². The molecule has 2 N–H and O–H groups in total. The fraction of sp³-hybridized carbons (Fsp3) is 0.500. The predicted octanol–water partition coefficient (Wildman–Crippen LogP) is 2.81. The number of aromatic carboxylic acids is 1. The molecule has 5 rings (SSSR count). The van der Waals surface area contributed by atoms with E-state index in [0.717, 1.165) is 27.7 Å². The molecule has 5 nitrogen and oxygen atoms in total. The van der Waals surface area contributed by atoms with Crippen molar-refractivity contribution in [3.05, 3.63) is 21.9 Å². The van der Waals surface area contributed by atoms with Crippen molar-refractivity contribution in [2.75, 3.05) is 6.54 Å². The first-order valence-electron chi connectivity index (χ1n) is 7.80. The quantitative estimate of drug-likeness (QED) is 0.890. The van der Waals surface area contributed by atoms with E-state index in [9.17, 15) is 9.59 Å². The molecular weight excluding hydrogens is 334 g/mol. The molecular formula is C16H15NO4S2. The number of hydrogen-bond donors (Lipinski definition) is 2.